The van der Waals surface area contributed by atoms with Gasteiger partial charge >= 0.3 is 0 Å². The molecular weight excluding hydrogens is 332 g/mol. The highest BCUT2D eigenvalue weighted by Gasteiger charge is 2.51. The first kappa shape index (κ1) is 19.8. The maximum Gasteiger partial charge on any atom is 0.0995 e. The van der Waals surface area contributed by atoms with E-state index in [2.05, 4.69) is 29.2 Å². The van der Waals surface area contributed by atoms with E-state index < -0.39 is 12.2 Å². The molecule has 0 aromatic rings. The van der Waals surface area contributed by atoms with E-state index in [9.17, 15) is 15.3 Å². The van der Waals surface area contributed by atoms with Crippen LogP contribution in [0.5, 0.6) is 0 Å². The second-order valence-corrected chi connectivity index (χ2v) is 8.83. The first-order valence-corrected chi connectivity index (χ1v) is 10.2. The van der Waals surface area contributed by atoms with E-state index in [0.717, 1.165) is 25.7 Å². The van der Waals surface area contributed by atoms with Gasteiger partial charge in [-0.3, -0.25) is 0 Å². The van der Waals surface area contributed by atoms with Crippen LogP contribution in [0, 0.1) is 29.2 Å². The maximum absolute atomic E-state index is 10.7. The third-order valence-corrected chi connectivity index (χ3v) is 7.09. The molecule has 4 N–H and O–H groups in total. The fourth-order valence-electron chi connectivity index (χ4n) is 5.77. The second-order valence-electron chi connectivity index (χ2n) is 8.83. The van der Waals surface area contributed by atoms with Crippen molar-refractivity contribution in [1.29, 1.82) is 5.53 Å². The average Bonchev–Trinajstić information content (AvgIpc) is 2.78. The quantitative estimate of drug-likeness (QED) is 0.454. The number of azo groups is 1. The summed E-state index contributed by atoms with van der Waals surface area (Å²) >= 11 is 0. The molecule has 7 nitrogen and oxygen atoms in total. The highest BCUT2D eigenvalue weighted by atomic mass is 16.3. The smallest absolute Gasteiger partial charge is 0.0995 e. The van der Waals surface area contributed by atoms with Gasteiger partial charge < -0.3 is 15.3 Å². The van der Waals surface area contributed by atoms with Gasteiger partial charge in [-0.2, -0.15) is 15.3 Å². The zero-order chi connectivity index (χ0) is 18.8. The van der Waals surface area contributed by atoms with Crippen molar-refractivity contribution in [3.8, 4) is 0 Å². The Kier molecular flexibility index (Phi) is 6.41. The molecule has 0 amide bonds. The standard InChI is InChI=1S/C19H34N4O3/c1-10-17-11(2)19(23-22-13-5-3-4-6-14(24)9-13)16(26)8-12(17)7-15(25)18(10)21-20/h10-20,24-26H,3-9H2,1-2H3. The minimum absolute atomic E-state index is 0.0474. The lowest BCUT2D eigenvalue weighted by molar-refractivity contribution is -0.0727. The molecule has 0 spiro atoms. The Balaban J connectivity index is 1.72. The minimum Gasteiger partial charge on any atom is -0.393 e. The van der Waals surface area contributed by atoms with Crippen molar-refractivity contribution in [3.63, 3.8) is 0 Å². The van der Waals surface area contributed by atoms with Crippen molar-refractivity contribution in [2.24, 2.45) is 39.0 Å². The fourth-order valence-corrected chi connectivity index (χ4v) is 5.77. The van der Waals surface area contributed by atoms with Gasteiger partial charge in [0.05, 0.1) is 36.4 Å². The van der Waals surface area contributed by atoms with Gasteiger partial charge in [-0.25, -0.2) is 5.53 Å². The summed E-state index contributed by atoms with van der Waals surface area (Å²) in [5.41, 5.74) is 7.42. The van der Waals surface area contributed by atoms with E-state index >= 15 is 0 Å². The summed E-state index contributed by atoms with van der Waals surface area (Å²) in [6.45, 7) is 4.17. The average molecular weight is 367 g/mol. The van der Waals surface area contributed by atoms with Gasteiger partial charge in [0.2, 0.25) is 0 Å². The molecule has 3 fully saturated rings. The van der Waals surface area contributed by atoms with Crippen LogP contribution >= 0.6 is 0 Å². The molecule has 3 rings (SSSR count). The van der Waals surface area contributed by atoms with Crippen molar-refractivity contribution in [3.05, 3.63) is 0 Å². The highest BCUT2D eigenvalue weighted by molar-refractivity contribution is 5.03. The number of nitrogens with one attached hydrogen (secondary N) is 1. The monoisotopic (exact) mass is 366 g/mol. The molecule has 148 valence electrons. The van der Waals surface area contributed by atoms with Gasteiger partial charge in [0.25, 0.3) is 0 Å². The summed E-state index contributed by atoms with van der Waals surface area (Å²) in [5, 5.41) is 43.7. The Bertz CT molecular complexity index is 517. The predicted octanol–water partition coefficient (Wildman–Crippen LogP) is 2.93. The lowest BCUT2D eigenvalue weighted by Gasteiger charge is -2.50. The van der Waals surface area contributed by atoms with Crippen LogP contribution in [0.2, 0.25) is 0 Å². The van der Waals surface area contributed by atoms with E-state index in [0.29, 0.717) is 19.3 Å². The van der Waals surface area contributed by atoms with E-state index in [4.69, 9.17) is 5.53 Å². The van der Waals surface area contributed by atoms with Gasteiger partial charge in [-0.15, -0.1) is 0 Å². The molecule has 0 saturated heterocycles. The number of aliphatic hydroxyl groups is 3. The Hall–Kier alpha value is -0.920. The molecule has 0 aromatic carbocycles. The summed E-state index contributed by atoms with van der Waals surface area (Å²) in [6, 6.07) is -0.560. The molecular formula is C19H34N4O3. The Morgan fingerprint density at radius 1 is 0.808 bits per heavy atom. The van der Waals surface area contributed by atoms with Crippen LogP contribution in [-0.2, 0) is 0 Å². The second kappa shape index (κ2) is 8.40. The van der Waals surface area contributed by atoms with Crippen LogP contribution in [0.3, 0.4) is 0 Å². The molecule has 10 atom stereocenters. The van der Waals surface area contributed by atoms with E-state index in [1.54, 1.807) is 0 Å². The first-order valence-electron chi connectivity index (χ1n) is 10.2. The van der Waals surface area contributed by atoms with Crippen LogP contribution in [0.25, 0.3) is 0 Å². The molecule has 3 saturated carbocycles. The fraction of sp³-hybridized carbons (Fsp3) is 1.00. The number of hydrogen-bond donors (Lipinski definition) is 4. The molecule has 0 bridgehead atoms. The van der Waals surface area contributed by atoms with E-state index in [-0.39, 0.29) is 47.9 Å². The van der Waals surface area contributed by atoms with Crippen molar-refractivity contribution >= 4 is 0 Å². The molecule has 0 heterocycles. The van der Waals surface area contributed by atoms with Gasteiger partial charge in [0, 0.05) is 0 Å². The number of nitrogens with zero attached hydrogens (tertiary/aromatic N) is 3. The third-order valence-electron chi connectivity index (χ3n) is 7.09. The van der Waals surface area contributed by atoms with Crippen LogP contribution in [0.4, 0.5) is 0 Å². The SMILES string of the molecule is CC1C(N=N)C(O)CC2CC(O)C(N=NC3CCCCC(O)C3)C(C)C21. The summed E-state index contributed by atoms with van der Waals surface area (Å²) in [4.78, 5) is 0. The lowest BCUT2D eigenvalue weighted by Crippen LogP contribution is -2.54. The molecule has 3 aliphatic rings. The third kappa shape index (κ3) is 3.99. The molecule has 0 radical (unpaired) electrons. The van der Waals surface area contributed by atoms with Gasteiger partial charge in [0.1, 0.15) is 0 Å². The van der Waals surface area contributed by atoms with Crippen LogP contribution in [0.1, 0.15) is 58.8 Å². The largest absolute Gasteiger partial charge is 0.393 e. The number of fused-ring (bicyclic) bond motifs is 1. The first-order chi connectivity index (χ1) is 12.4. The van der Waals surface area contributed by atoms with Crippen molar-refractivity contribution in [2.75, 3.05) is 0 Å². The molecule has 0 aliphatic heterocycles. The zero-order valence-corrected chi connectivity index (χ0v) is 15.9. The number of aliphatic hydroxyl groups excluding tert-OH is 3. The Labute approximate surface area is 155 Å². The van der Waals surface area contributed by atoms with Crippen molar-refractivity contribution < 1.29 is 15.3 Å². The van der Waals surface area contributed by atoms with Crippen LogP contribution in [0.15, 0.2) is 15.3 Å². The van der Waals surface area contributed by atoms with Crippen molar-refractivity contribution in [1.82, 2.24) is 0 Å². The van der Waals surface area contributed by atoms with Crippen molar-refractivity contribution in [2.45, 2.75) is 95.2 Å². The molecule has 26 heavy (non-hydrogen) atoms. The summed E-state index contributed by atoms with van der Waals surface area (Å²) in [6.07, 6.45) is 4.35. The van der Waals surface area contributed by atoms with E-state index in [1.165, 1.54) is 0 Å². The Morgan fingerprint density at radius 2 is 1.42 bits per heavy atom. The number of hydrogen-bond acceptors (Lipinski definition) is 7. The van der Waals surface area contributed by atoms with Crippen LogP contribution in [-0.4, -0.2) is 51.8 Å². The molecule has 0 aromatic heterocycles. The molecule has 10 unspecified atom stereocenters. The summed E-state index contributed by atoms with van der Waals surface area (Å²) in [7, 11) is 0. The highest BCUT2D eigenvalue weighted by Crippen LogP contribution is 2.48. The predicted molar refractivity (Wildman–Crippen MR) is 97.0 cm³/mol. The lowest BCUT2D eigenvalue weighted by atomic mass is 9.58. The Morgan fingerprint density at radius 3 is 2.12 bits per heavy atom. The molecule has 7 heteroatoms. The van der Waals surface area contributed by atoms with Gasteiger partial charge in [-0.1, -0.05) is 26.7 Å². The van der Waals surface area contributed by atoms with E-state index in [1.807, 2.05) is 0 Å². The zero-order valence-electron chi connectivity index (χ0n) is 15.9. The number of rotatable bonds is 3. The van der Waals surface area contributed by atoms with Gasteiger partial charge in [0.15, 0.2) is 0 Å². The summed E-state index contributed by atoms with van der Waals surface area (Å²) < 4.78 is 0. The van der Waals surface area contributed by atoms with Gasteiger partial charge in [-0.05, 0) is 55.8 Å². The maximum atomic E-state index is 10.7. The normalized spacial score (nSPS) is 50.2. The topological polar surface area (TPSA) is 122 Å². The summed E-state index contributed by atoms with van der Waals surface area (Å²) in [5.74, 6) is 0.759. The van der Waals surface area contributed by atoms with Crippen LogP contribution < -0.4 is 0 Å². The molecule has 3 aliphatic carbocycles. The minimum atomic E-state index is -0.589.